The Morgan fingerprint density at radius 3 is 2.42 bits per heavy atom. The van der Waals surface area contributed by atoms with E-state index in [4.69, 9.17) is 32.7 Å². The van der Waals surface area contributed by atoms with Gasteiger partial charge in [-0.2, -0.15) is 4.31 Å². The molecule has 0 heterocycles. The van der Waals surface area contributed by atoms with Gasteiger partial charge in [-0.3, -0.25) is 0 Å². The molecule has 0 N–H and O–H groups in total. The first-order chi connectivity index (χ1) is 12.4. The lowest BCUT2D eigenvalue weighted by molar-refractivity contribution is 0.369. The summed E-state index contributed by atoms with van der Waals surface area (Å²) >= 11 is 12.1. The predicted molar refractivity (Wildman–Crippen MR) is 102 cm³/mol. The summed E-state index contributed by atoms with van der Waals surface area (Å²) in [6.45, 7) is 0.163. The van der Waals surface area contributed by atoms with Gasteiger partial charge >= 0.3 is 0 Å². The van der Waals surface area contributed by atoms with Crippen LogP contribution in [0.5, 0.6) is 11.5 Å². The molecule has 0 spiro atoms. The van der Waals surface area contributed by atoms with Crippen LogP contribution < -0.4 is 9.47 Å². The van der Waals surface area contributed by atoms with E-state index >= 15 is 0 Å². The minimum absolute atomic E-state index is 0.0143. The molecule has 0 amide bonds. The number of halogens is 2. The van der Waals surface area contributed by atoms with Crippen LogP contribution in [0, 0.1) is 0 Å². The molecule has 0 bridgehead atoms. The molecule has 0 atom stereocenters. The largest absolute Gasteiger partial charge is 0.497 e. The average Bonchev–Trinajstić information content (AvgIpc) is 3.46. The Hall–Kier alpha value is -1.47. The number of benzene rings is 2. The zero-order chi connectivity index (χ0) is 18.9. The number of hydrogen-bond acceptors (Lipinski definition) is 4. The number of ether oxygens (including phenoxy) is 2. The summed E-state index contributed by atoms with van der Waals surface area (Å²) in [6.07, 6.45) is 1.62. The van der Waals surface area contributed by atoms with E-state index in [1.165, 1.54) is 16.4 Å². The fourth-order valence-electron chi connectivity index (χ4n) is 2.75. The lowest BCUT2D eigenvalue weighted by Gasteiger charge is -2.24. The van der Waals surface area contributed by atoms with Crippen LogP contribution in [0.4, 0.5) is 0 Å². The third-order valence-corrected chi connectivity index (χ3v) is 6.86. The normalized spacial score (nSPS) is 14.5. The van der Waals surface area contributed by atoms with E-state index < -0.39 is 10.0 Å². The molecule has 0 unspecified atom stereocenters. The Kier molecular flexibility index (Phi) is 5.67. The van der Waals surface area contributed by atoms with E-state index in [1.807, 2.05) is 0 Å². The van der Waals surface area contributed by atoms with Crippen LogP contribution in [0.15, 0.2) is 41.3 Å². The van der Waals surface area contributed by atoms with Gasteiger partial charge in [-0.1, -0.05) is 23.2 Å². The molecule has 2 aromatic rings. The van der Waals surface area contributed by atoms with Crippen LogP contribution in [0.2, 0.25) is 10.0 Å². The molecule has 1 aliphatic carbocycles. The summed E-state index contributed by atoms with van der Waals surface area (Å²) in [5.74, 6) is 1.23. The van der Waals surface area contributed by atoms with Crippen molar-refractivity contribution >= 4 is 33.2 Å². The van der Waals surface area contributed by atoms with Gasteiger partial charge in [-0.05, 0) is 49.2 Å². The third-order valence-electron chi connectivity index (χ3n) is 4.25. The van der Waals surface area contributed by atoms with Gasteiger partial charge in [0.2, 0.25) is 10.0 Å². The summed E-state index contributed by atoms with van der Waals surface area (Å²) in [4.78, 5) is 0.0143. The fourth-order valence-corrected chi connectivity index (χ4v) is 5.15. The molecule has 0 saturated heterocycles. The van der Waals surface area contributed by atoms with Gasteiger partial charge in [-0.15, -0.1) is 0 Å². The molecule has 0 aromatic heterocycles. The van der Waals surface area contributed by atoms with Crippen LogP contribution in [-0.2, 0) is 16.6 Å². The number of nitrogens with zero attached hydrogens (tertiary/aromatic N) is 1. The van der Waals surface area contributed by atoms with Gasteiger partial charge in [0.05, 0.1) is 19.2 Å². The molecular formula is C18H19Cl2NO4S. The Morgan fingerprint density at radius 1 is 1.08 bits per heavy atom. The quantitative estimate of drug-likeness (QED) is 0.673. The molecule has 1 aliphatic rings. The second-order valence-corrected chi connectivity index (χ2v) is 8.74. The van der Waals surface area contributed by atoms with Crippen molar-refractivity contribution in [2.45, 2.75) is 30.3 Å². The van der Waals surface area contributed by atoms with Crippen molar-refractivity contribution < 1.29 is 17.9 Å². The predicted octanol–water partition coefficient (Wildman–Crippen LogP) is 4.36. The minimum Gasteiger partial charge on any atom is -0.497 e. The highest BCUT2D eigenvalue weighted by Gasteiger charge is 2.39. The van der Waals surface area contributed by atoms with E-state index in [1.54, 1.807) is 38.5 Å². The minimum atomic E-state index is -3.81. The van der Waals surface area contributed by atoms with Crippen LogP contribution in [0.25, 0.3) is 0 Å². The molecule has 5 nitrogen and oxygen atoms in total. The highest BCUT2D eigenvalue weighted by atomic mass is 35.5. The van der Waals surface area contributed by atoms with Crippen molar-refractivity contribution in [2.24, 2.45) is 0 Å². The van der Waals surface area contributed by atoms with E-state index in [9.17, 15) is 8.42 Å². The molecule has 0 radical (unpaired) electrons. The molecule has 26 heavy (non-hydrogen) atoms. The zero-order valence-corrected chi connectivity index (χ0v) is 16.7. The zero-order valence-electron chi connectivity index (χ0n) is 14.4. The fraction of sp³-hybridized carbons (Fsp3) is 0.333. The van der Waals surface area contributed by atoms with Crippen molar-refractivity contribution in [3.05, 3.63) is 52.0 Å². The first-order valence-electron chi connectivity index (χ1n) is 8.04. The average molecular weight is 416 g/mol. The smallest absolute Gasteiger partial charge is 0.245 e. The van der Waals surface area contributed by atoms with E-state index in [0.29, 0.717) is 16.5 Å². The molecule has 8 heteroatoms. The van der Waals surface area contributed by atoms with Gasteiger partial charge in [0.25, 0.3) is 0 Å². The maximum atomic E-state index is 13.3. The molecule has 1 saturated carbocycles. The van der Waals surface area contributed by atoms with Crippen LogP contribution in [0.3, 0.4) is 0 Å². The van der Waals surface area contributed by atoms with E-state index in [-0.39, 0.29) is 22.5 Å². The number of methoxy groups -OCH3 is 2. The van der Waals surface area contributed by atoms with Crippen molar-refractivity contribution in [1.82, 2.24) is 4.31 Å². The van der Waals surface area contributed by atoms with Gasteiger partial charge in [0.1, 0.15) is 16.4 Å². The molecule has 1 fully saturated rings. The summed E-state index contributed by atoms with van der Waals surface area (Å²) in [5, 5.41) is 0.473. The van der Waals surface area contributed by atoms with Crippen LogP contribution in [-0.4, -0.2) is 33.0 Å². The lowest BCUT2D eigenvalue weighted by atomic mass is 10.2. The van der Waals surface area contributed by atoms with E-state index in [0.717, 1.165) is 18.4 Å². The third kappa shape index (κ3) is 3.93. The van der Waals surface area contributed by atoms with Gasteiger partial charge in [0.15, 0.2) is 0 Å². The SMILES string of the molecule is COc1ccc(OC)c(CN(C2CC2)S(=O)(=O)c2cc(Cl)ccc2Cl)c1. The second kappa shape index (κ2) is 7.64. The Labute approximate surface area is 163 Å². The van der Waals surface area contributed by atoms with Crippen LogP contribution >= 0.6 is 23.2 Å². The van der Waals surface area contributed by atoms with Gasteiger partial charge < -0.3 is 9.47 Å². The first kappa shape index (κ1) is 19.3. The van der Waals surface area contributed by atoms with E-state index in [2.05, 4.69) is 0 Å². The summed E-state index contributed by atoms with van der Waals surface area (Å²) < 4.78 is 38.6. The standard InChI is InChI=1S/C18H19Cl2NO4S/c1-24-15-6-8-17(25-2)12(9-15)11-21(14-4-5-14)26(22,23)18-10-13(19)3-7-16(18)20/h3,6-10,14H,4-5,11H2,1-2H3. The van der Waals surface area contributed by atoms with Gasteiger partial charge in [-0.25, -0.2) is 8.42 Å². The Balaban J connectivity index is 2.02. The van der Waals surface area contributed by atoms with Crippen LogP contribution in [0.1, 0.15) is 18.4 Å². The first-order valence-corrected chi connectivity index (χ1v) is 10.2. The highest BCUT2D eigenvalue weighted by Crippen LogP contribution is 2.38. The lowest BCUT2D eigenvalue weighted by Crippen LogP contribution is -2.33. The van der Waals surface area contributed by atoms with Crippen molar-refractivity contribution in [2.75, 3.05) is 14.2 Å². The number of sulfonamides is 1. The molecule has 2 aromatic carbocycles. The van der Waals surface area contributed by atoms with Crippen molar-refractivity contribution in [1.29, 1.82) is 0 Å². The maximum absolute atomic E-state index is 13.3. The Bertz CT molecular complexity index is 913. The maximum Gasteiger partial charge on any atom is 0.245 e. The summed E-state index contributed by atoms with van der Waals surface area (Å²) in [6, 6.07) is 9.69. The summed E-state index contributed by atoms with van der Waals surface area (Å²) in [5.41, 5.74) is 0.723. The van der Waals surface area contributed by atoms with Crippen molar-refractivity contribution in [3.63, 3.8) is 0 Å². The monoisotopic (exact) mass is 415 g/mol. The topological polar surface area (TPSA) is 55.8 Å². The highest BCUT2D eigenvalue weighted by molar-refractivity contribution is 7.89. The van der Waals surface area contributed by atoms with Gasteiger partial charge in [0, 0.05) is 23.2 Å². The molecular weight excluding hydrogens is 397 g/mol. The Morgan fingerprint density at radius 2 is 1.81 bits per heavy atom. The van der Waals surface area contributed by atoms with Crippen molar-refractivity contribution in [3.8, 4) is 11.5 Å². The summed E-state index contributed by atoms with van der Waals surface area (Å²) in [7, 11) is -0.700. The number of hydrogen-bond donors (Lipinski definition) is 0. The number of rotatable bonds is 7. The second-order valence-electron chi connectivity index (χ2n) is 6.03. The molecule has 3 rings (SSSR count). The molecule has 140 valence electrons. The molecule has 0 aliphatic heterocycles.